The van der Waals surface area contributed by atoms with E-state index in [1.54, 1.807) is 11.9 Å². The van der Waals surface area contributed by atoms with Crippen molar-refractivity contribution >= 4 is 11.5 Å². The zero-order valence-corrected chi connectivity index (χ0v) is 9.54. The maximum atomic E-state index is 10.6. The van der Waals surface area contributed by atoms with Crippen molar-refractivity contribution in [1.29, 1.82) is 0 Å². The van der Waals surface area contributed by atoms with Crippen molar-refractivity contribution in [2.24, 2.45) is 0 Å². The van der Waals surface area contributed by atoms with Crippen LogP contribution in [0.2, 0.25) is 0 Å². The van der Waals surface area contributed by atoms with Crippen molar-refractivity contribution in [3.63, 3.8) is 0 Å². The molecule has 1 aromatic heterocycles. The van der Waals surface area contributed by atoms with E-state index in [4.69, 9.17) is 0 Å². The van der Waals surface area contributed by atoms with Gasteiger partial charge in [-0.3, -0.25) is 10.1 Å². The Hall–Kier alpha value is -1.69. The summed E-state index contributed by atoms with van der Waals surface area (Å²) in [5.74, 6) is 0.466. The lowest BCUT2D eigenvalue weighted by molar-refractivity contribution is -0.384. The number of anilines is 1. The van der Waals surface area contributed by atoms with Crippen LogP contribution >= 0.6 is 0 Å². The minimum atomic E-state index is -0.512. The highest BCUT2D eigenvalue weighted by atomic mass is 16.6. The Balaban J connectivity index is 3.05. The van der Waals surface area contributed by atoms with Crippen molar-refractivity contribution in [2.75, 3.05) is 18.6 Å². The van der Waals surface area contributed by atoms with Gasteiger partial charge in [0, 0.05) is 19.3 Å². The second-order valence-electron chi connectivity index (χ2n) is 4.16. The van der Waals surface area contributed by atoms with Gasteiger partial charge in [0.1, 0.15) is 5.82 Å². The summed E-state index contributed by atoms with van der Waals surface area (Å²) in [5, 5.41) is 19.8. The van der Waals surface area contributed by atoms with E-state index in [9.17, 15) is 15.2 Å². The number of likely N-dealkylation sites (N-methyl/N-ethyl adjacent to an activating group) is 1. The van der Waals surface area contributed by atoms with Crippen molar-refractivity contribution < 1.29 is 10.0 Å². The number of nitro groups is 1. The summed E-state index contributed by atoms with van der Waals surface area (Å²) in [4.78, 5) is 15.9. The largest absolute Gasteiger partial charge is 0.394 e. The van der Waals surface area contributed by atoms with Gasteiger partial charge in [-0.15, -0.1) is 0 Å². The van der Waals surface area contributed by atoms with Gasteiger partial charge in [0.2, 0.25) is 0 Å². The van der Waals surface area contributed by atoms with Crippen LogP contribution in [-0.4, -0.2) is 34.2 Å². The van der Waals surface area contributed by atoms with Crippen LogP contribution < -0.4 is 4.90 Å². The van der Waals surface area contributed by atoms with E-state index in [0.717, 1.165) is 0 Å². The molecule has 0 fully saturated rings. The van der Waals surface area contributed by atoms with Gasteiger partial charge in [-0.25, -0.2) is 4.98 Å². The summed E-state index contributed by atoms with van der Waals surface area (Å²) in [7, 11) is 1.74. The number of nitrogens with zero attached hydrogens (tertiary/aromatic N) is 3. The molecule has 6 nitrogen and oxygen atoms in total. The Morgan fingerprint density at radius 2 is 2.25 bits per heavy atom. The summed E-state index contributed by atoms with van der Waals surface area (Å²) in [6.45, 7) is 3.59. The number of hydrogen-bond acceptors (Lipinski definition) is 5. The Labute approximate surface area is 93.7 Å². The second kappa shape index (κ2) is 4.44. The highest BCUT2D eigenvalue weighted by molar-refractivity contribution is 5.47. The van der Waals surface area contributed by atoms with Crippen LogP contribution in [0.15, 0.2) is 18.3 Å². The summed E-state index contributed by atoms with van der Waals surface area (Å²) >= 11 is 0. The molecule has 0 aliphatic carbocycles. The average molecular weight is 225 g/mol. The molecule has 1 heterocycles. The van der Waals surface area contributed by atoms with Gasteiger partial charge in [-0.1, -0.05) is 0 Å². The lowest BCUT2D eigenvalue weighted by atomic mass is 10.1. The quantitative estimate of drug-likeness (QED) is 0.615. The van der Waals surface area contributed by atoms with Gasteiger partial charge in [0.25, 0.3) is 5.69 Å². The topological polar surface area (TPSA) is 79.5 Å². The van der Waals surface area contributed by atoms with Crippen LogP contribution in [0, 0.1) is 10.1 Å². The van der Waals surface area contributed by atoms with Crippen molar-refractivity contribution in [1.82, 2.24) is 4.98 Å². The minimum Gasteiger partial charge on any atom is -0.394 e. The molecule has 6 heteroatoms. The summed E-state index contributed by atoms with van der Waals surface area (Å²) in [5.41, 5.74) is -0.520. The molecule has 1 N–H and O–H groups in total. The van der Waals surface area contributed by atoms with Crippen LogP contribution in [0.4, 0.5) is 11.5 Å². The third kappa shape index (κ3) is 2.46. The molecular weight excluding hydrogens is 210 g/mol. The number of aliphatic hydroxyl groups excluding tert-OH is 1. The molecule has 0 saturated heterocycles. The van der Waals surface area contributed by atoms with E-state index < -0.39 is 10.5 Å². The molecule has 0 aromatic carbocycles. The van der Waals surface area contributed by atoms with Gasteiger partial charge < -0.3 is 10.0 Å². The highest BCUT2D eigenvalue weighted by Gasteiger charge is 2.24. The Bertz CT molecular complexity index is 393. The normalized spacial score (nSPS) is 11.2. The number of pyridine rings is 1. The first-order valence-corrected chi connectivity index (χ1v) is 4.83. The van der Waals surface area contributed by atoms with Crippen molar-refractivity contribution in [2.45, 2.75) is 19.4 Å². The number of rotatable bonds is 4. The maximum Gasteiger partial charge on any atom is 0.274 e. The zero-order chi connectivity index (χ0) is 12.3. The van der Waals surface area contributed by atoms with E-state index in [2.05, 4.69) is 4.98 Å². The van der Waals surface area contributed by atoms with Crippen LogP contribution in [-0.2, 0) is 0 Å². The first-order chi connectivity index (χ1) is 7.38. The standard InChI is InChI=1S/C10H15N3O3/c1-10(2,7-14)12(3)9-6-8(13(15)16)4-5-11-9/h4-6,14H,7H2,1-3H3. The van der Waals surface area contributed by atoms with E-state index in [1.165, 1.54) is 18.3 Å². The molecule has 16 heavy (non-hydrogen) atoms. The van der Waals surface area contributed by atoms with E-state index >= 15 is 0 Å². The molecule has 0 radical (unpaired) electrons. The summed E-state index contributed by atoms with van der Waals surface area (Å²) < 4.78 is 0. The lowest BCUT2D eigenvalue weighted by Gasteiger charge is -2.34. The molecule has 0 unspecified atom stereocenters. The van der Waals surface area contributed by atoms with Crippen molar-refractivity contribution in [3.05, 3.63) is 28.4 Å². The second-order valence-corrected chi connectivity index (χ2v) is 4.16. The summed E-state index contributed by atoms with van der Waals surface area (Å²) in [6.07, 6.45) is 1.39. The molecular formula is C10H15N3O3. The average Bonchev–Trinajstić information content (AvgIpc) is 2.28. The number of hydrogen-bond donors (Lipinski definition) is 1. The van der Waals surface area contributed by atoms with Gasteiger partial charge in [0.05, 0.1) is 23.1 Å². The van der Waals surface area contributed by atoms with Gasteiger partial charge in [0.15, 0.2) is 0 Å². The Morgan fingerprint density at radius 3 is 2.75 bits per heavy atom. The summed E-state index contributed by atoms with van der Waals surface area (Å²) in [6, 6.07) is 2.72. The molecule has 0 spiro atoms. The number of aromatic nitrogens is 1. The molecule has 0 aliphatic heterocycles. The lowest BCUT2D eigenvalue weighted by Crippen LogP contribution is -2.44. The van der Waals surface area contributed by atoms with Crippen LogP contribution in [0.5, 0.6) is 0 Å². The van der Waals surface area contributed by atoms with Crippen LogP contribution in [0.1, 0.15) is 13.8 Å². The van der Waals surface area contributed by atoms with Gasteiger partial charge in [-0.2, -0.15) is 0 Å². The van der Waals surface area contributed by atoms with Gasteiger partial charge >= 0.3 is 0 Å². The third-order valence-electron chi connectivity index (χ3n) is 2.58. The fourth-order valence-corrected chi connectivity index (χ4v) is 1.12. The van der Waals surface area contributed by atoms with E-state index in [-0.39, 0.29) is 12.3 Å². The molecule has 0 aliphatic rings. The Kier molecular flexibility index (Phi) is 3.44. The monoisotopic (exact) mass is 225 g/mol. The first kappa shape index (κ1) is 12.4. The van der Waals surface area contributed by atoms with Crippen LogP contribution in [0.25, 0.3) is 0 Å². The molecule has 1 rings (SSSR count). The minimum absolute atomic E-state index is 0.00871. The molecule has 0 amide bonds. The fraction of sp³-hybridized carbons (Fsp3) is 0.500. The zero-order valence-electron chi connectivity index (χ0n) is 9.54. The molecule has 1 aromatic rings. The number of aliphatic hydroxyl groups is 1. The van der Waals surface area contributed by atoms with E-state index in [0.29, 0.717) is 5.82 Å². The molecule has 88 valence electrons. The predicted octanol–water partition coefficient (Wildman–Crippen LogP) is 1.20. The van der Waals surface area contributed by atoms with Crippen molar-refractivity contribution in [3.8, 4) is 0 Å². The fourth-order valence-electron chi connectivity index (χ4n) is 1.12. The molecule has 0 atom stereocenters. The SMILES string of the molecule is CN(c1cc([N+](=O)[O-])ccn1)C(C)(C)CO. The van der Waals surface area contributed by atoms with E-state index in [1.807, 2.05) is 13.8 Å². The van der Waals surface area contributed by atoms with Gasteiger partial charge in [-0.05, 0) is 13.8 Å². The Morgan fingerprint density at radius 1 is 1.62 bits per heavy atom. The highest BCUT2D eigenvalue weighted by Crippen LogP contribution is 2.23. The molecule has 0 bridgehead atoms. The molecule has 0 saturated carbocycles. The third-order valence-corrected chi connectivity index (χ3v) is 2.58. The van der Waals surface area contributed by atoms with Crippen LogP contribution in [0.3, 0.4) is 0 Å². The smallest absolute Gasteiger partial charge is 0.274 e. The predicted molar refractivity (Wildman–Crippen MR) is 60.5 cm³/mol. The first-order valence-electron chi connectivity index (χ1n) is 4.83. The maximum absolute atomic E-state index is 10.6.